The molecule has 0 amide bonds. The molecule has 0 saturated carbocycles. The molecule has 7 nitrogen and oxygen atoms in total. The lowest BCUT2D eigenvalue weighted by molar-refractivity contribution is 0.0548. The Morgan fingerprint density at radius 1 is 1.05 bits per heavy atom. The van der Waals surface area contributed by atoms with Gasteiger partial charge in [-0.05, 0) is 62.9 Å². The molecule has 1 atom stereocenters. The number of nitrogens with zero attached hydrogens (tertiary/aromatic N) is 3. The molecular formula is C29H28FN3O4S. The third kappa shape index (κ3) is 4.10. The summed E-state index contributed by atoms with van der Waals surface area (Å²) in [7, 11) is -3.48. The molecule has 1 aliphatic heterocycles. The molecule has 6 rings (SSSR count). The Kier molecular flexibility index (Phi) is 6.07. The van der Waals surface area contributed by atoms with Gasteiger partial charge in [0.1, 0.15) is 11.6 Å². The van der Waals surface area contributed by atoms with E-state index in [9.17, 15) is 8.42 Å². The zero-order valence-corrected chi connectivity index (χ0v) is 22.3. The van der Waals surface area contributed by atoms with E-state index >= 15 is 4.39 Å². The van der Waals surface area contributed by atoms with Crippen molar-refractivity contribution in [1.29, 1.82) is 0 Å². The van der Waals surface area contributed by atoms with E-state index in [-0.39, 0.29) is 16.6 Å². The number of aromatic nitrogens is 3. The Balaban J connectivity index is 1.72. The number of pyridine rings is 1. The standard InChI is InChI=1S/C29H28FN3O4S/c1-17-27(18(2)37-32-17)20-14-26-28(31-16-20)23-9-8-21(38(3,34)35)15-25(23)33(26)29(19-10-12-36-13-11-19)22-6-4-5-7-24(22)30/h4-9,14-16,19,29H,10-13H2,1-3H3/t29-/m0/s1. The third-order valence-corrected chi connectivity index (χ3v) is 8.69. The molecule has 38 heavy (non-hydrogen) atoms. The summed E-state index contributed by atoms with van der Waals surface area (Å²) in [6.07, 6.45) is 4.49. The molecule has 1 aliphatic rings. The molecule has 2 aromatic carbocycles. The first-order chi connectivity index (χ1) is 18.2. The van der Waals surface area contributed by atoms with E-state index in [2.05, 4.69) is 9.72 Å². The quantitative estimate of drug-likeness (QED) is 0.275. The first-order valence-electron chi connectivity index (χ1n) is 12.6. The van der Waals surface area contributed by atoms with Crippen molar-refractivity contribution < 1.29 is 22.1 Å². The summed E-state index contributed by atoms with van der Waals surface area (Å²) < 4.78 is 53.8. The zero-order valence-electron chi connectivity index (χ0n) is 21.4. The Bertz CT molecular complexity index is 1770. The topological polar surface area (TPSA) is 87.2 Å². The third-order valence-electron chi connectivity index (χ3n) is 7.58. The van der Waals surface area contributed by atoms with E-state index in [1.165, 1.54) is 12.3 Å². The number of aryl methyl sites for hydroxylation is 2. The summed E-state index contributed by atoms with van der Waals surface area (Å²) in [6, 6.07) is 13.6. The van der Waals surface area contributed by atoms with Crippen molar-refractivity contribution >= 4 is 31.8 Å². The number of hydrogen-bond acceptors (Lipinski definition) is 6. The summed E-state index contributed by atoms with van der Waals surface area (Å²) in [5.41, 5.74) is 5.23. The SMILES string of the molecule is Cc1noc(C)c1-c1cnc2c3ccc(S(C)(=O)=O)cc3n([C@H](c3ccccc3F)C3CCOCC3)c2c1. The lowest BCUT2D eigenvalue weighted by atomic mass is 9.86. The Morgan fingerprint density at radius 2 is 1.82 bits per heavy atom. The van der Waals surface area contributed by atoms with Crippen molar-refractivity contribution in [3.8, 4) is 11.1 Å². The highest BCUT2D eigenvalue weighted by Gasteiger charge is 2.32. The number of sulfone groups is 1. The molecule has 0 bridgehead atoms. The average Bonchev–Trinajstić information content (AvgIpc) is 3.41. The Labute approximate surface area is 220 Å². The zero-order chi connectivity index (χ0) is 26.6. The van der Waals surface area contributed by atoms with Gasteiger partial charge in [0.25, 0.3) is 0 Å². The highest BCUT2D eigenvalue weighted by molar-refractivity contribution is 7.90. The highest BCUT2D eigenvalue weighted by atomic mass is 32.2. The molecule has 0 unspecified atom stereocenters. The lowest BCUT2D eigenvalue weighted by Gasteiger charge is -2.33. The van der Waals surface area contributed by atoms with Gasteiger partial charge in [0.2, 0.25) is 0 Å². The minimum absolute atomic E-state index is 0.0732. The van der Waals surface area contributed by atoms with Gasteiger partial charge in [-0.3, -0.25) is 4.98 Å². The molecule has 0 radical (unpaired) electrons. The van der Waals surface area contributed by atoms with Gasteiger partial charge in [-0.2, -0.15) is 0 Å². The van der Waals surface area contributed by atoms with Crippen molar-refractivity contribution in [3.05, 3.63) is 77.6 Å². The minimum atomic E-state index is -3.48. The summed E-state index contributed by atoms with van der Waals surface area (Å²) in [6.45, 7) is 4.92. The normalized spacial score (nSPS) is 15.9. The van der Waals surface area contributed by atoms with Crippen LogP contribution in [0.4, 0.5) is 4.39 Å². The minimum Gasteiger partial charge on any atom is -0.381 e. The highest BCUT2D eigenvalue weighted by Crippen LogP contribution is 2.42. The maximum atomic E-state index is 15.5. The molecule has 0 spiro atoms. The van der Waals surface area contributed by atoms with Crippen LogP contribution in [0.15, 0.2) is 64.1 Å². The van der Waals surface area contributed by atoms with Gasteiger partial charge in [0, 0.05) is 47.7 Å². The van der Waals surface area contributed by atoms with E-state index < -0.39 is 15.9 Å². The van der Waals surface area contributed by atoms with E-state index in [0.29, 0.717) is 30.1 Å². The van der Waals surface area contributed by atoms with Crippen LogP contribution >= 0.6 is 0 Å². The van der Waals surface area contributed by atoms with E-state index in [1.807, 2.05) is 32.0 Å². The maximum Gasteiger partial charge on any atom is 0.175 e. The number of halogens is 1. The maximum absolute atomic E-state index is 15.5. The van der Waals surface area contributed by atoms with E-state index in [0.717, 1.165) is 46.1 Å². The lowest BCUT2D eigenvalue weighted by Crippen LogP contribution is -2.27. The van der Waals surface area contributed by atoms with Crippen LogP contribution in [-0.4, -0.2) is 42.6 Å². The first kappa shape index (κ1) is 24.8. The second-order valence-electron chi connectivity index (χ2n) is 10.0. The molecule has 1 saturated heterocycles. The fourth-order valence-corrected chi connectivity index (χ4v) is 6.44. The Morgan fingerprint density at radius 3 is 2.50 bits per heavy atom. The molecule has 0 aliphatic carbocycles. The smallest absolute Gasteiger partial charge is 0.175 e. The van der Waals surface area contributed by atoms with Gasteiger partial charge >= 0.3 is 0 Å². The number of benzene rings is 2. The largest absolute Gasteiger partial charge is 0.381 e. The van der Waals surface area contributed by atoms with Gasteiger partial charge in [0.05, 0.1) is 33.2 Å². The van der Waals surface area contributed by atoms with E-state index in [1.54, 1.807) is 30.5 Å². The van der Waals surface area contributed by atoms with Gasteiger partial charge in [-0.15, -0.1) is 0 Å². The molecule has 4 heterocycles. The van der Waals surface area contributed by atoms with Crippen LogP contribution in [0.5, 0.6) is 0 Å². The predicted octanol–water partition coefficient (Wildman–Crippen LogP) is 6.02. The predicted molar refractivity (Wildman–Crippen MR) is 143 cm³/mol. The van der Waals surface area contributed by atoms with Crippen molar-refractivity contribution in [3.63, 3.8) is 0 Å². The van der Waals surface area contributed by atoms with Crippen LogP contribution in [0.2, 0.25) is 0 Å². The van der Waals surface area contributed by atoms with Gasteiger partial charge in [-0.1, -0.05) is 23.4 Å². The molecular weight excluding hydrogens is 505 g/mol. The molecule has 3 aromatic heterocycles. The van der Waals surface area contributed by atoms with Crippen LogP contribution < -0.4 is 0 Å². The molecule has 196 valence electrons. The average molecular weight is 534 g/mol. The van der Waals surface area contributed by atoms with Crippen LogP contribution in [0.1, 0.15) is 35.9 Å². The molecule has 9 heteroatoms. The number of ether oxygens (including phenoxy) is 1. The fourth-order valence-electron chi connectivity index (χ4n) is 5.80. The van der Waals surface area contributed by atoms with Crippen molar-refractivity contribution in [2.24, 2.45) is 5.92 Å². The second kappa shape index (κ2) is 9.32. The van der Waals surface area contributed by atoms with Crippen LogP contribution in [-0.2, 0) is 14.6 Å². The van der Waals surface area contributed by atoms with Crippen molar-refractivity contribution in [1.82, 2.24) is 14.7 Å². The monoisotopic (exact) mass is 533 g/mol. The van der Waals surface area contributed by atoms with Crippen LogP contribution in [0, 0.1) is 25.6 Å². The van der Waals surface area contributed by atoms with Gasteiger partial charge < -0.3 is 13.8 Å². The molecule has 0 N–H and O–H groups in total. The number of fused-ring (bicyclic) bond motifs is 3. The Hall–Kier alpha value is -3.56. The molecule has 5 aromatic rings. The first-order valence-corrected chi connectivity index (χ1v) is 14.5. The van der Waals surface area contributed by atoms with Crippen molar-refractivity contribution in [2.75, 3.05) is 19.5 Å². The second-order valence-corrected chi connectivity index (χ2v) is 12.0. The van der Waals surface area contributed by atoms with Crippen molar-refractivity contribution in [2.45, 2.75) is 37.6 Å². The van der Waals surface area contributed by atoms with Crippen LogP contribution in [0.3, 0.4) is 0 Å². The van der Waals surface area contributed by atoms with E-state index in [4.69, 9.17) is 14.2 Å². The summed E-state index contributed by atoms with van der Waals surface area (Å²) in [4.78, 5) is 5.05. The summed E-state index contributed by atoms with van der Waals surface area (Å²) in [5.74, 6) is 0.456. The fraction of sp³-hybridized carbons (Fsp3) is 0.310. The van der Waals surface area contributed by atoms with Crippen LogP contribution in [0.25, 0.3) is 33.1 Å². The number of hydrogen-bond donors (Lipinski definition) is 0. The van der Waals surface area contributed by atoms with Gasteiger partial charge in [0.15, 0.2) is 9.84 Å². The molecule has 1 fully saturated rings. The number of rotatable bonds is 5. The summed E-state index contributed by atoms with van der Waals surface area (Å²) in [5, 5.41) is 4.92. The summed E-state index contributed by atoms with van der Waals surface area (Å²) >= 11 is 0. The van der Waals surface area contributed by atoms with Gasteiger partial charge in [-0.25, -0.2) is 12.8 Å².